The van der Waals surface area contributed by atoms with Crippen LogP contribution in [0.25, 0.3) is 0 Å². The van der Waals surface area contributed by atoms with Gasteiger partial charge in [-0.25, -0.2) is 17.7 Å². The monoisotopic (exact) mass is 434 g/mol. The molecule has 2 rings (SSSR count). The summed E-state index contributed by atoms with van der Waals surface area (Å²) in [6.07, 6.45) is 18.1. The minimum absolute atomic E-state index is 0. The molecule has 0 saturated heterocycles. The van der Waals surface area contributed by atoms with Crippen molar-refractivity contribution in [3.63, 3.8) is 0 Å². The average Bonchev–Trinajstić information content (AvgIpc) is 3.09. The summed E-state index contributed by atoms with van der Waals surface area (Å²) < 4.78 is 0. The zero-order chi connectivity index (χ0) is 15.4. The number of hydrogen-bond donors (Lipinski definition) is 0. The van der Waals surface area contributed by atoms with Crippen molar-refractivity contribution in [1.29, 1.82) is 0 Å². The molecule has 0 N–H and O–H groups in total. The van der Waals surface area contributed by atoms with E-state index in [1.165, 1.54) is 18.4 Å². The molecule has 0 bridgehead atoms. The van der Waals surface area contributed by atoms with E-state index in [0.717, 1.165) is 19.3 Å². The van der Waals surface area contributed by atoms with Crippen LogP contribution in [0.4, 0.5) is 0 Å². The molecule has 0 unspecified atom stereocenters. The fourth-order valence-electron chi connectivity index (χ4n) is 2.12. The first-order valence-corrected chi connectivity index (χ1v) is 13.8. The summed E-state index contributed by atoms with van der Waals surface area (Å²) in [5.74, 6) is 0. The third-order valence-corrected chi connectivity index (χ3v) is 3.03. The molecular formula is C18H30Cl2SiZr. The Kier molecular flexibility index (Phi) is 22.5. The molecular weight excluding hydrogens is 406 g/mol. The van der Waals surface area contributed by atoms with Crippen molar-refractivity contribution < 1.29 is 23.3 Å². The first-order chi connectivity index (χ1) is 9.56. The van der Waals surface area contributed by atoms with E-state index in [4.69, 9.17) is 0 Å². The van der Waals surface area contributed by atoms with Crippen LogP contribution in [-0.2, 0) is 23.3 Å². The summed E-state index contributed by atoms with van der Waals surface area (Å²) in [5.41, 5.74) is 4.89. The van der Waals surface area contributed by atoms with Crippen LogP contribution in [0.3, 0.4) is 0 Å². The molecule has 0 amide bonds. The summed E-state index contributed by atoms with van der Waals surface area (Å²) in [6, 6.07) is 0. The molecule has 0 aliphatic heterocycles. The standard InChI is InChI=1S/C11H17.C5H5.C2H6Si.2ClH.Zr/c1-4-9-7-8-10(5-2)11(9)6-3;1-2-4-5-3-1;1-3-2;;;/h4-7H2,1-3H3;1-3H,4H2;1-2H3;2*1H;/q2*-1;;;;+2. The topological polar surface area (TPSA) is 0 Å². The van der Waals surface area contributed by atoms with Crippen LogP contribution in [0.15, 0.2) is 34.9 Å². The van der Waals surface area contributed by atoms with E-state index in [-0.39, 0.29) is 30.2 Å². The van der Waals surface area contributed by atoms with Gasteiger partial charge in [0.1, 0.15) is 0 Å². The van der Waals surface area contributed by atoms with Gasteiger partial charge in [-0.05, 0) is 0 Å². The molecule has 0 aromatic carbocycles. The molecule has 2 aliphatic carbocycles. The predicted molar refractivity (Wildman–Crippen MR) is 103 cm³/mol. The summed E-state index contributed by atoms with van der Waals surface area (Å²) in [6.45, 7) is 11.3. The molecule has 0 aromatic heterocycles. The molecule has 0 radical (unpaired) electrons. The second-order valence-corrected chi connectivity index (χ2v) is 14.4. The van der Waals surface area contributed by atoms with Crippen molar-refractivity contribution in [2.75, 3.05) is 0 Å². The smallest absolute Gasteiger partial charge is 0.109 e. The Hall–Kier alpha value is 0.640. The van der Waals surface area contributed by atoms with Crippen LogP contribution in [0, 0.1) is 12.2 Å². The molecule has 0 spiro atoms. The number of halogens is 2. The molecule has 0 saturated carbocycles. The Morgan fingerprint density at radius 3 is 1.95 bits per heavy atom. The van der Waals surface area contributed by atoms with Crippen LogP contribution in [0.2, 0.25) is 13.1 Å². The van der Waals surface area contributed by atoms with E-state index in [9.17, 15) is 0 Å². The van der Waals surface area contributed by atoms with Gasteiger partial charge in [0.15, 0.2) is 0 Å². The molecule has 2 aliphatic rings. The van der Waals surface area contributed by atoms with Crippen molar-refractivity contribution in [1.82, 2.24) is 0 Å². The number of allylic oxidation sites excluding steroid dienone is 8. The quantitative estimate of drug-likeness (QED) is 0.346. The van der Waals surface area contributed by atoms with Crippen molar-refractivity contribution in [3.8, 4) is 0 Å². The molecule has 4 heteroatoms. The van der Waals surface area contributed by atoms with Crippen molar-refractivity contribution in [3.05, 3.63) is 47.1 Å². The van der Waals surface area contributed by atoms with Gasteiger partial charge in [0.2, 0.25) is 0 Å². The first-order valence-electron chi connectivity index (χ1n) is 7.61. The average molecular weight is 437 g/mol. The van der Waals surface area contributed by atoms with E-state index in [0.29, 0.717) is 0 Å². The molecule has 0 nitrogen and oxygen atoms in total. The number of hydrogen-bond acceptors (Lipinski definition) is 0. The maximum absolute atomic E-state index is 3.45. The molecule has 0 atom stereocenters. The predicted octanol–water partition coefficient (Wildman–Crippen LogP) is 6.58. The van der Waals surface area contributed by atoms with Crippen LogP contribution < -0.4 is 0 Å². The van der Waals surface area contributed by atoms with Gasteiger partial charge in [-0.1, -0.05) is 40.0 Å². The van der Waals surface area contributed by atoms with E-state index < -0.39 is 0 Å². The number of rotatable bonds is 3. The largest absolute Gasteiger partial charge is 0.273 e. The van der Waals surface area contributed by atoms with E-state index >= 15 is 0 Å². The summed E-state index contributed by atoms with van der Waals surface area (Å²) in [7, 11) is 0. The molecule has 0 heterocycles. The SMILES string of the molecule is CCC1=[C-]CC(CC)=C1CC.C[Si](C)=[Zr+2].Cl.Cl.[C-]1=CC=CC1. The summed E-state index contributed by atoms with van der Waals surface area (Å²) in [4.78, 5) is 0. The third kappa shape index (κ3) is 13.1. The summed E-state index contributed by atoms with van der Waals surface area (Å²) >= 11 is 1.74. The Bertz CT molecular complexity index is 407. The first kappa shape index (κ1) is 27.5. The van der Waals surface area contributed by atoms with Crippen LogP contribution >= 0.6 is 24.8 Å². The maximum atomic E-state index is 3.45. The van der Waals surface area contributed by atoms with Crippen LogP contribution in [0.1, 0.15) is 52.9 Å². The van der Waals surface area contributed by atoms with Crippen molar-refractivity contribution >= 4 is 30.2 Å². The minimum atomic E-state index is 0. The van der Waals surface area contributed by atoms with Crippen molar-refractivity contribution in [2.45, 2.75) is 66.0 Å². The Morgan fingerprint density at radius 1 is 1.09 bits per heavy atom. The van der Waals surface area contributed by atoms with Crippen LogP contribution in [-0.4, -0.2) is 5.43 Å². The van der Waals surface area contributed by atoms with Gasteiger partial charge in [0.05, 0.1) is 0 Å². The zero-order valence-electron chi connectivity index (χ0n) is 14.6. The van der Waals surface area contributed by atoms with E-state index in [1.54, 1.807) is 34.5 Å². The van der Waals surface area contributed by atoms with E-state index in [1.807, 2.05) is 12.2 Å². The van der Waals surface area contributed by atoms with Gasteiger partial charge in [-0.2, -0.15) is 17.2 Å². The second-order valence-electron chi connectivity index (χ2n) is 4.98. The van der Waals surface area contributed by atoms with Gasteiger partial charge in [0, 0.05) is 0 Å². The molecule has 0 fully saturated rings. The minimum Gasteiger partial charge on any atom is -0.273 e. The molecule has 0 aromatic rings. The Labute approximate surface area is 165 Å². The normalized spacial score (nSPS) is 14.0. The zero-order valence-corrected chi connectivity index (χ0v) is 19.7. The Balaban J connectivity index is -0.000000278. The van der Waals surface area contributed by atoms with Gasteiger partial charge >= 0.3 is 41.9 Å². The maximum Gasteiger partial charge on any atom is -0.109 e. The fourth-order valence-corrected chi connectivity index (χ4v) is 2.12. The van der Waals surface area contributed by atoms with E-state index in [2.05, 4.69) is 52.1 Å². The van der Waals surface area contributed by atoms with Gasteiger partial charge < -0.3 is 0 Å². The van der Waals surface area contributed by atoms with Gasteiger partial charge in [0.25, 0.3) is 0 Å². The molecule has 124 valence electrons. The molecule has 22 heavy (non-hydrogen) atoms. The van der Waals surface area contributed by atoms with Crippen LogP contribution in [0.5, 0.6) is 0 Å². The second kappa shape index (κ2) is 18.0. The third-order valence-electron chi connectivity index (χ3n) is 3.03. The fraction of sp³-hybridized carbons (Fsp3) is 0.556. The Morgan fingerprint density at radius 2 is 1.68 bits per heavy atom. The summed E-state index contributed by atoms with van der Waals surface area (Å²) in [5, 5.41) is 0. The van der Waals surface area contributed by atoms with Gasteiger partial charge in [-0.15, -0.1) is 37.7 Å². The van der Waals surface area contributed by atoms with Crippen molar-refractivity contribution in [2.24, 2.45) is 0 Å². The van der Waals surface area contributed by atoms with Gasteiger partial charge in [-0.3, -0.25) is 12.2 Å².